The summed E-state index contributed by atoms with van der Waals surface area (Å²) in [4.78, 5) is 12.8. The number of ether oxygens (including phenoxy) is 1. The smallest absolute Gasteiger partial charge is 0.410 e. The number of nitrogens with zero attached hydrogens (tertiary/aromatic N) is 1. The third-order valence-electron chi connectivity index (χ3n) is 3.09. The first kappa shape index (κ1) is 12.4. The van der Waals surface area contributed by atoms with Crippen LogP contribution in [0.1, 0.15) is 5.56 Å². The zero-order chi connectivity index (χ0) is 12.4. The van der Waals surface area contributed by atoms with Crippen molar-refractivity contribution in [1.82, 2.24) is 4.90 Å². The summed E-state index contributed by atoms with van der Waals surface area (Å²) >= 11 is 3.40. The van der Waals surface area contributed by atoms with Crippen molar-refractivity contribution in [3.05, 3.63) is 34.3 Å². The first-order valence-corrected chi connectivity index (χ1v) is 6.25. The summed E-state index contributed by atoms with van der Waals surface area (Å²) in [5.41, 5.74) is 7.17. The van der Waals surface area contributed by atoms with Crippen LogP contribution in [0.3, 0.4) is 0 Å². The Kier molecular flexibility index (Phi) is 3.69. The molecule has 2 rings (SSSR count). The third kappa shape index (κ3) is 2.61. The second-order valence-corrected chi connectivity index (χ2v) is 5.12. The van der Waals surface area contributed by atoms with Gasteiger partial charge in [0.15, 0.2) is 0 Å². The number of nitrogens with two attached hydrogens (primary N) is 1. The van der Waals surface area contributed by atoms with E-state index in [9.17, 15) is 4.79 Å². The van der Waals surface area contributed by atoms with E-state index in [1.165, 1.54) is 12.7 Å². The van der Waals surface area contributed by atoms with Gasteiger partial charge in [-0.25, -0.2) is 4.79 Å². The van der Waals surface area contributed by atoms with Gasteiger partial charge in [-0.15, -0.1) is 0 Å². The van der Waals surface area contributed by atoms with Gasteiger partial charge in [0.05, 0.1) is 13.3 Å². The molecule has 2 atom stereocenters. The minimum atomic E-state index is -0.343. The SMILES string of the molecule is COC(=O)N1CC(Cc2ccc(Br)cc2)C1N. The number of hydrogen-bond acceptors (Lipinski definition) is 3. The summed E-state index contributed by atoms with van der Waals surface area (Å²) in [5, 5.41) is 0. The summed E-state index contributed by atoms with van der Waals surface area (Å²) in [6.45, 7) is 0.671. The fourth-order valence-electron chi connectivity index (χ4n) is 2.02. The van der Waals surface area contributed by atoms with E-state index in [4.69, 9.17) is 5.73 Å². The number of carbonyl (C=O) groups is 1. The number of amides is 1. The lowest BCUT2D eigenvalue weighted by atomic mass is 9.89. The Balaban J connectivity index is 1.91. The molecule has 2 N–H and O–H groups in total. The van der Waals surface area contributed by atoms with Crippen LogP contribution in [0, 0.1) is 5.92 Å². The number of halogens is 1. The van der Waals surface area contributed by atoms with E-state index >= 15 is 0 Å². The molecule has 0 saturated carbocycles. The largest absolute Gasteiger partial charge is 0.453 e. The summed E-state index contributed by atoms with van der Waals surface area (Å²) < 4.78 is 5.70. The predicted octanol–water partition coefficient (Wildman–Crippen LogP) is 1.97. The van der Waals surface area contributed by atoms with Gasteiger partial charge in [0, 0.05) is 16.9 Å². The van der Waals surface area contributed by atoms with E-state index < -0.39 is 0 Å². The van der Waals surface area contributed by atoms with Gasteiger partial charge in [-0.1, -0.05) is 28.1 Å². The molecule has 17 heavy (non-hydrogen) atoms. The van der Waals surface area contributed by atoms with E-state index in [1.54, 1.807) is 4.90 Å². The number of likely N-dealkylation sites (tertiary alicyclic amines) is 1. The van der Waals surface area contributed by atoms with Crippen LogP contribution in [-0.2, 0) is 11.2 Å². The van der Waals surface area contributed by atoms with Gasteiger partial charge in [-0.3, -0.25) is 4.90 Å². The summed E-state index contributed by atoms with van der Waals surface area (Å²) in [6, 6.07) is 8.16. The highest BCUT2D eigenvalue weighted by molar-refractivity contribution is 9.10. The standard InChI is InChI=1S/C12H15BrN2O2/c1-17-12(16)15-7-9(11(15)14)6-8-2-4-10(13)5-3-8/h2-5,9,11H,6-7,14H2,1H3. The topological polar surface area (TPSA) is 55.6 Å². The van der Waals surface area contributed by atoms with Crippen LogP contribution in [0.2, 0.25) is 0 Å². The number of hydrogen-bond donors (Lipinski definition) is 1. The number of methoxy groups -OCH3 is 1. The molecule has 92 valence electrons. The zero-order valence-electron chi connectivity index (χ0n) is 9.60. The Hall–Kier alpha value is -1.07. The summed E-state index contributed by atoms with van der Waals surface area (Å²) in [7, 11) is 1.37. The van der Waals surface area contributed by atoms with Crippen LogP contribution in [-0.4, -0.2) is 30.8 Å². The van der Waals surface area contributed by atoms with Crippen molar-refractivity contribution < 1.29 is 9.53 Å². The first-order valence-electron chi connectivity index (χ1n) is 5.46. The molecule has 0 radical (unpaired) electrons. The Labute approximate surface area is 109 Å². The van der Waals surface area contributed by atoms with Gasteiger partial charge in [-0.2, -0.15) is 0 Å². The molecule has 1 amide bonds. The lowest BCUT2D eigenvalue weighted by Crippen LogP contribution is -2.63. The lowest BCUT2D eigenvalue weighted by molar-refractivity contribution is 0.0177. The molecule has 1 heterocycles. The molecule has 1 aliphatic rings. The highest BCUT2D eigenvalue weighted by atomic mass is 79.9. The molecule has 5 heteroatoms. The highest BCUT2D eigenvalue weighted by Crippen LogP contribution is 2.26. The quantitative estimate of drug-likeness (QED) is 0.908. The summed E-state index contributed by atoms with van der Waals surface area (Å²) in [5.74, 6) is 0.315. The minimum Gasteiger partial charge on any atom is -0.453 e. The maximum Gasteiger partial charge on any atom is 0.410 e. The Morgan fingerprint density at radius 3 is 2.71 bits per heavy atom. The molecular weight excluding hydrogens is 284 g/mol. The molecule has 2 unspecified atom stereocenters. The van der Waals surface area contributed by atoms with Crippen molar-refractivity contribution >= 4 is 22.0 Å². The van der Waals surface area contributed by atoms with Crippen LogP contribution in [0.15, 0.2) is 28.7 Å². The van der Waals surface area contributed by atoms with E-state index in [0.717, 1.165) is 10.9 Å². The lowest BCUT2D eigenvalue weighted by Gasteiger charge is -2.44. The molecule has 0 aromatic heterocycles. The van der Waals surface area contributed by atoms with Gasteiger partial charge >= 0.3 is 6.09 Å². The maximum atomic E-state index is 11.3. The van der Waals surface area contributed by atoms with Crippen LogP contribution >= 0.6 is 15.9 Å². The molecule has 0 bridgehead atoms. The molecule has 4 nitrogen and oxygen atoms in total. The minimum absolute atomic E-state index is 0.230. The fourth-order valence-corrected chi connectivity index (χ4v) is 2.29. The average Bonchev–Trinajstić information content (AvgIpc) is 2.35. The maximum absolute atomic E-state index is 11.3. The highest BCUT2D eigenvalue weighted by Gasteiger charge is 2.39. The predicted molar refractivity (Wildman–Crippen MR) is 68.4 cm³/mol. The molecule has 1 aliphatic heterocycles. The monoisotopic (exact) mass is 298 g/mol. The van der Waals surface area contributed by atoms with Gasteiger partial charge in [0.1, 0.15) is 0 Å². The van der Waals surface area contributed by atoms with E-state index in [2.05, 4.69) is 32.8 Å². The van der Waals surface area contributed by atoms with Gasteiger partial charge < -0.3 is 10.5 Å². The van der Waals surface area contributed by atoms with Crippen LogP contribution in [0.5, 0.6) is 0 Å². The molecule has 0 aliphatic carbocycles. The van der Waals surface area contributed by atoms with Crippen molar-refractivity contribution in [3.63, 3.8) is 0 Å². The van der Waals surface area contributed by atoms with Crippen LogP contribution < -0.4 is 5.73 Å². The van der Waals surface area contributed by atoms with Gasteiger partial charge in [0.2, 0.25) is 0 Å². The zero-order valence-corrected chi connectivity index (χ0v) is 11.2. The number of rotatable bonds is 2. The van der Waals surface area contributed by atoms with Crippen molar-refractivity contribution in [3.8, 4) is 0 Å². The molecule has 1 aromatic carbocycles. The third-order valence-corrected chi connectivity index (χ3v) is 3.62. The van der Waals surface area contributed by atoms with Gasteiger partial charge in [0.25, 0.3) is 0 Å². The van der Waals surface area contributed by atoms with Crippen molar-refractivity contribution in [2.24, 2.45) is 11.7 Å². The second-order valence-electron chi connectivity index (χ2n) is 4.20. The molecule has 0 spiro atoms. The van der Waals surface area contributed by atoms with Crippen LogP contribution in [0.4, 0.5) is 4.79 Å². The fraction of sp³-hybridized carbons (Fsp3) is 0.417. The van der Waals surface area contributed by atoms with E-state index in [0.29, 0.717) is 12.5 Å². The van der Waals surface area contributed by atoms with Crippen molar-refractivity contribution in [2.45, 2.75) is 12.6 Å². The van der Waals surface area contributed by atoms with Gasteiger partial charge in [-0.05, 0) is 24.1 Å². The van der Waals surface area contributed by atoms with E-state index in [-0.39, 0.29) is 12.3 Å². The van der Waals surface area contributed by atoms with Crippen LogP contribution in [0.25, 0.3) is 0 Å². The molecule has 1 saturated heterocycles. The Morgan fingerprint density at radius 2 is 2.18 bits per heavy atom. The summed E-state index contributed by atoms with van der Waals surface area (Å²) in [6.07, 6.45) is 0.317. The molecule has 1 fully saturated rings. The van der Waals surface area contributed by atoms with E-state index in [1.807, 2.05) is 12.1 Å². The van der Waals surface area contributed by atoms with Crippen molar-refractivity contribution in [1.29, 1.82) is 0 Å². The normalized spacial score (nSPS) is 23.1. The second kappa shape index (κ2) is 5.06. The Bertz CT molecular complexity index is 407. The first-order chi connectivity index (χ1) is 8.11. The van der Waals surface area contributed by atoms with Crippen molar-refractivity contribution in [2.75, 3.05) is 13.7 Å². The molecular formula is C12H15BrN2O2. The Morgan fingerprint density at radius 1 is 1.53 bits per heavy atom. The average molecular weight is 299 g/mol. The molecule has 1 aromatic rings. The number of benzene rings is 1. The number of carbonyl (C=O) groups excluding carboxylic acids is 1.